The van der Waals surface area contributed by atoms with Crippen LogP contribution >= 0.6 is 0 Å². The fourth-order valence-electron chi connectivity index (χ4n) is 3.33. The number of para-hydroxylation sites is 1. The van der Waals surface area contributed by atoms with E-state index in [4.69, 9.17) is 4.74 Å². The zero-order valence-corrected chi connectivity index (χ0v) is 14.5. The number of amides is 1. The summed E-state index contributed by atoms with van der Waals surface area (Å²) in [5.74, 6) is 0.924. The third-order valence-corrected chi connectivity index (χ3v) is 4.67. The molecular formula is C18H24N4O2. The molecule has 0 radical (unpaired) electrons. The Kier molecular flexibility index (Phi) is 4.85. The lowest BCUT2D eigenvalue weighted by atomic mass is 10.0. The second-order valence-electron chi connectivity index (χ2n) is 6.18. The predicted molar refractivity (Wildman–Crippen MR) is 91.7 cm³/mol. The largest absolute Gasteiger partial charge is 0.496 e. The number of nitrogens with zero attached hydrogens (tertiary/aromatic N) is 3. The molecule has 1 aliphatic rings. The summed E-state index contributed by atoms with van der Waals surface area (Å²) in [6.07, 6.45) is 1.73. The maximum atomic E-state index is 12.1. The average molecular weight is 328 g/mol. The molecule has 1 aromatic heterocycles. The number of hydrogen-bond acceptors (Lipinski definition) is 4. The molecule has 6 nitrogen and oxygen atoms in total. The van der Waals surface area contributed by atoms with Crippen LogP contribution in [0.5, 0.6) is 5.75 Å². The van der Waals surface area contributed by atoms with Gasteiger partial charge in [0.05, 0.1) is 25.2 Å². The van der Waals surface area contributed by atoms with Crippen molar-refractivity contribution in [1.82, 2.24) is 19.8 Å². The van der Waals surface area contributed by atoms with E-state index in [0.29, 0.717) is 6.54 Å². The van der Waals surface area contributed by atoms with E-state index in [2.05, 4.69) is 14.9 Å². The smallest absolute Gasteiger partial charge is 0.220 e. The minimum absolute atomic E-state index is 0.00773. The third-order valence-electron chi connectivity index (χ3n) is 4.67. The van der Waals surface area contributed by atoms with Gasteiger partial charge in [-0.25, -0.2) is 4.98 Å². The Labute approximate surface area is 142 Å². The van der Waals surface area contributed by atoms with Crippen molar-refractivity contribution in [1.29, 1.82) is 0 Å². The van der Waals surface area contributed by atoms with E-state index in [1.807, 2.05) is 36.1 Å². The third kappa shape index (κ3) is 3.28. The number of methoxy groups -OCH3 is 1. The van der Waals surface area contributed by atoms with E-state index < -0.39 is 0 Å². The molecular weight excluding hydrogens is 304 g/mol. The van der Waals surface area contributed by atoms with Crippen LogP contribution in [0, 0.1) is 6.92 Å². The maximum absolute atomic E-state index is 12.1. The summed E-state index contributed by atoms with van der Waals surface area (Å²) in [6, 6.07) is 7.93. The van der Waals surface area contributed by atoms with Gasteiger partial charge in [0.15, 0.2) is 0 Å². The lowest BCUT2D eigenvalue weighted by Crippen LogP contribution is -2.49. The number of piperazine rings is 1. The molecule has 0 spiro atoms. The molecule has 1 saturated heterocycles. The standard InChI is InChI=1S/C18H24N4O2/c1-13-16(20-12-19-13)10-21-8-9-22(14(2)23)17(11-21)15-6-4-5-7-18(15)24-3/h4-7,12,17H,8-11H2,1-3H3,(H,19,20). The Balaban J connectivity index is 1.85. The van der Waals surface area contributed by atoms with Gasteiger partial charge in [-0.3, -0.25) is 9.69 Å². The molecule has 6 heteroatoms. The highest BCUT2D eigenvalue weighted by Gasteiger charge is 2.31. The molecule has 0 aliphatic carbocycles. The van der Waals surface area contributed by atoms with E-state index in [9.17, 15) is 4.79 Å². The van der Waals surface area contributed by atoms with Crippen molar-refractivity contribution >= 4 is 5.91 Å². The highest BCUT2D eigenvalue weighted by atomic mass is 16.5. The van der Waals surface area contributed by atoms with Gasteiger partial charge >= 0.3 is 0 Å². The Bertz CT molecular complexity index is 713. The molecule has 1 N–H and O–H groups in total. The van der Waals surface area contributed by atoms with Crippen LogP contribution in [-0.4, -0.2) is 52.4 Å². The molecule has 1 aliphatic heterocycles. The number of aryl methyl sites for hydroxylation is 1. The van der Waals surface area contributed by atoms with Crippen LogP contribution in [0.25, 0.3) is 0 Å². The predicted octanol–water partition coefficient (Wildman–Crippen LogP) is 2.13. The summed E-state index contributed by atoms with van der Waals surface area (Å²) < 4.78 is 5.51. The number of aromatic nitrogens is 2. The van der Waals surface area contributed by atoms with E-state index in [1.165, 1.54) is 0 Å². The Hall–Kier alpha value is -2.34. The summed E-state index contributed by atoms with van der Waals surface area (Å²) in [4.78, 5) is 23.9. The van der Waals surface area contributed by atoms with Crippen molar-refractivity contribution in [2.24, 2.45) is 0 Å². The topological polar surface area (TPSA) is 61.5 Å². The minimum Gasteiger partial charge on any atom is -0.496 e. The zero-order valence-electron chi connectivity index (χ0n) is 14.5. The van der Waals surface area contributed by atoms with Crippen LogP contribution in [0.1, 0.15) is 29.9 Å². The summed E-state index contributed by atoms with van der Waals surface area (Å²) in [5.41, 5.74) is 3.21. The number of ether oxygens (including phenoxy) is 1. The molecule has 24 heavy (non-hydrogen) atoms. The summed E-state index contributed by atoms with van der Waals surface area (Å²) in [7, 11) is 1.67. The van der Waals surface area contributed by atoms with Crippen LogP contribution in [0.3, 0.4) is 0 Å². The van der Waals surface area contributed by atoms with Gasteiger partial charge in [0, 0.05) is 44.4 Å². The maximum Gasteiger partial charge on any atom is 0.220 e. The first-order valence-corrected chi connectivity index (χ1v) is 8.21. The van der Waals surface area contributed by atoms with Crippen molar-refractivity contribution in [2.45, 2.75) is 26.4 Å². The fourth-order valence-corrected chi connectivity index (χ4v) is 3.33. The average Bonchev–Trinajstić information content (AvgIpc) is 2.99. The van der Waals surface area contributed by atoms with Crippen molar-refractivity contribution in [2.75, 3.05) is 26.7 Å². The Morgan fingerprint density at radius 3 is 2.83 bits per heavy atom. The second-order valence-corrected chi connectivity index (χ2v) is 6.18. The monoisotopic (exact) mass is 328 g/mol. The number of carbonyl (C=O) groups excluding carboxylic acids is 1. The number of H-pyrrole nitrogens is 1. The minimum atomic E-state index is -0.00773. The molecule has 0 bridgehead atoms. The second kappa shape index (κ2) is 7.05. The molecule has 0 saturated carbocycles. The molecule has 3 rings (SSSR count). The number of rotatable bonds is 4. The first-order valence-electron chi connectivity index (χ1n) is 8.21. The Morgan fingerprint density at radius 2 is 2.17 bits per heavy atom. The molecule has 2 aromatic rings. The summed E-state index contributed by atoms with van der Waals surface area (Å²) in [6.45, 7) is 6.78. The van der Waals surface area contributed by atoms with Gasteiger partial charge in [0.2, 0.25) is 5.91 Å². The number of nitrogens with one attached hydrogen (secondary N) is 1. The normalized spacial score (nSPS) is 18.6. The highest BCUT2D eigenvalue weighted by Crippen LogP contribution is 2.32. The van der Waals surface area contributed by atoms with Gasteiger partial charge in [-0.05, 0) is 13.0 Å². The van der Waals surface area contributed by atoms with Crippen LogP contribution in [0.2, 0.25) is 0 Å². The van der Waals surface area contributed by atoms with Crippen molar-refractivity contribution in [3.05, 3.63) is 47.5 Å². The van der Waals surface area contributed by atoms with Gasteiger partial charge < -0.3 is 14.6 Å². The quantitative estimate of drug-likeness (QED) is 0.934. The van der Waals surface area contributed by atoms with Crippen LogP contribution in [-0.2, 0) is 11.3 Å². The van der Waals surface area contributed by atoms with Crippen molar-refractivity contribution in [3.63, 3.8) is 0 Å². The van der Waals surface area contributed by atoms with Gasteiger partial charge in [0.25, 0.3) is 0 Å². The van der Waals surface area contributed by atoms with Crippen molar-refractivity contribution in [3.8, 4) is 5.75 Å². The molecule has 2 heterocycles. The fraction of sp³-hybridized carbons (Fsp3) is 0.444. The number of aromatic amines is 1. The zero-order chi connectivity index (χ0) is 17.1. The van der Waals surface area contributed by atoms with Gasteiger partial charge in [0.1, 0.15) is 5.75 Å². The van der Waals surface area contributed by atoms with Crippen molar-refractivity contribution < 1.29 is 9.53 Å². The number of imidazole rings is 1. The first kappa shape index (κ1) is 16.5. The molecule has 1 atom stereocenters. The van der Waals surface area contributed by atoms with Crippen LogP contribution in [0.15, 0.2) is 30.6 Å². The SMILES string of the molecule is COc1ccccc1C1CN(Cc2nc[nH]c2C)CCN1C(C)=O. The van der Waals surface area contributed by atoms with E-state index >= 15 is 0 Å². The molecule has 1 fully saturated rings. The van der Waals surface area contributed by atoms with Crippen LogP contribution in [0.4, 0.5) is 0 Å². The molecule has 1 amide bonds. The van der Waals surface area contributed by atoms with E-state index in [1.54, 1.807) is 20.4 Å². The van der Waals surface area contributed by atoms with Gasteiger partial charge in [-0.1, -0.05) is 18.2 Å². The van der Waals surface area contributed by atoms with Gasteiger partial charge in [-0.15, -0.1) is 0 Å². The molecule has 1 aromatic carbocycles. The Morgan fingerprint density at radius 1 is 1.38 bits per heavy atom. The number of carbonyl (C=O) groups is 1. The highest BCUT2D eigenvalue weighted by molar-refractivity contribution is 5.74. The summed E-state index contributed by atoms with van der Waals surface area (Å²) in [5, 5.41) is 0. The lowest BCUT2D eigenvalue weighted by molar-refractivity contribution is -0.134. The number of hydrogen-bond donors (Lipinski definition) is 1. The lowest BCUT2D eigenvalue weighted by Gasteiger charge is -2.41. The van der Waals surface area contributed by atoms with Gasteiger partial charge in [-0.2, -0.15) is 0 Å². The molecule has 1 unspecified atom stereocenters. The summed E-state index contributed by atoms with van der Waals surface area (Å²) >= 11 is 0. The number of benzene rings is 1. The first-order chi connectivity index (χ1) is 11.6. The van der Waals surface area contributed by atoms with E-state index in [-0.39, 0.29) is 11.9 Å². The van der Waals surface area contributed by atoms with Crippen LogP contribution < -0.4 is 4.74 Å². The van der Waals surface area contributed by atoms with E-state index in [0.717, 1.165) is 42.3 Å². The molecule has 128 valence electrons.